The van der Waals surface area contributed by atoms with E-state index in [1.165, 1.54) is 35.3 Å². The maximum atomic E-state index is 12.5. The van der Waals surface area contributed by atoms with Gasteiger partial charge >= 0.3 is 41.5 Å². The fraction of sp³-hybridized carbons (Fsp3) is 0.891. The van der Waals surface area contributed by atoms with Gasteiger partial charge in [-0.15, -0.1) is 0 Å². The van der Waals surface area contributed by atoms with Crippen molar-refractivity contribution in [1.29, 1.82) is 5.26 Å². The largest absolute Gasteiger partial charge is 0.500 e. The predicted octanol–water partition coefficient (Wildman–Crippen LogP) is 2.96. The number of thioether (sulfide) groups is 3. The Morgan fingerprint density at radius 1 is 0.616 bits per heavy atom. The molecule has 0 spiro atoms. The molecular formula is C55H111N7O19S3Si2. The second kappa shape index (κ2) is 51.2. The molecule has 0 aliphatic rings. The second-order valence-electron chi connectivity index (χ2n) is 21.0. The van der Waals surface area contributed by atoms with Gasteiger partial charge in [-0.1, -0.05) is 27.7 Å². The number of rotatable bonds is 53. The van der Waals surface area contributed by atoms with Gasteiger partial charge in [0.25, 0.3) is 0 Å². The van der Waals surface area contributed by atoms with E-state index in [1.54, 1.807) is 34.6 Å². The number of hydrogen-bond acceptors (Lipinski definition) is 26. The number of aliphatic hydroxyl groups is 5. The van der Waals surface area contributed by atoms with Gasteiger partial charge < -0.3 is 99.0 Å². The summed E-state index contributed by atoms with van der Waals surface area (Å²) in [6, 6.07) is 3.18. The zero-order valence-electron chi connectivity index (χ0n) is 53.3. The van der Waals surface area contributed by atoms with Crippen LogP contribution in [0, 0.1) is 39.9 Å². The molecule has 0 heterocycles. The van der Waals surface area contributed by atoms with E-state index in [9.17, 15) is 54.8 Å². The fourth-order valence-corrected chi connectivity index (χ4v) is 15.9. The lowest BCUT2D eigenvalue weighted by Gasteiger charge is -2.29. The topological polar surface area (TPSA) is 394 Å². The number of esters is 3. The summed E-state index contributed by atoms with van der Waals surface area (Å²) in [4.78, 5) is 61.1. The Morgan fingerprint density at radius 3 is 1.59 bits per heavy atom. The molecule has 86 heavy (non-hydrogen) atoms. The molecule has 0 aromatic heterocycles. The fourth-order valence-electron chi connectivity index (χ4n) is 7.59. The van der Waals surface area contributed by atoms with Crippen LogP contribution in [-0.4, -0.2) is 231 Å². The Hall–Kier alpha value is -2.44. The zero-order chi connectivity index (χ0) is 65.5. The lowest BCUT2D eigenvalue weighted by molar-refractivity contribution is -0.155. The van der Waals surface area contributed by atoms with Gasteiger partial charge in [-0.3, -0.25) is 19.2 Å². The first-order valence-electron chi connectivity index (χ1n) is 30.1. The van der Waals surface area contributed by atoms with Crippen molar-refractivity contribution in [2.45, 2.75) is 151 Å². The van der Waals surface area contributed by atoms with Crippen LogP contribution in [0.4, 0.5) is 4.79 Å². The van der Waals surface area contributed by atoms with Crippen molar-refractivity contribution in [3.63, 3.8) is 0 Å². The molecule has 0 rings (SSSR count). The third-order valence-corrected chi connectivity index (χ3v) is 22.9. The number of carbonyl (C=O) groups is 5. The van der Waals surface area contributed by atoms with Crippen molar-refractivity contribution in [1.82, 2.24) is 21.3 Å². The van der Waals surface area contributed by atoms with Crippen molar-refractivity contribution < 1.29 is 90.3 Å². The van der Waals surface area contributed by atoms with Crippen molar-refractivity contribution in [2.75, 3.05) is 133 Å². The molecular weight excluding hydrogens is 1220 g/mol. The van der Waals surface area contributed by atoms with Gasteiger partial charge in [-0.2, -0.15) is 40.5 Å². The highest BCUT2D eigenvalue weighted by Gasteiger charge is 2.41. The van der Waals surface area contributed by atoms with Crippen LogP contribution in [-0.2, 0) is 59.9 Å². The molecule has 0 aromatic rings. The van der Waals surface area contributed by atoms with Gasteiger partial charge in [-0.05, 0) is 79.9 Å². The van der Waals surface area contributed by atoms with E-state index in [-0.39, 0.29) is 88.4 Å². The number of aliphatic hydroxyl groups excluding tert-OH is 5. The van der Waals surface area contributed by atoms with Crippen molar-refractivity contribution in [3.8, 4) is 6.07 Å². The first-order chi connectivity index (χ1) is 40.7. The summed E-state index contributed by atoms with van der Waals surface area (Å²) in [6.07, 6.45) is -2.04. The second-order valence-corrected chi connectivity index (χ2v) is 29.9. The highest BCUT2D eigenvalue weighted by Crippen LogP contribution is 2.31. The molecule has 506 valence electrons. The maximum Gasteiger partial charge on any atom is 0.500 e. The smallest absolute Gasteiger partial charge is 0.463 e. The Bertz CT molecular complexity index is 1810. The van der Waals surface area contributed by atoms with E-state index in [0.29, 0.717) is 125 Å². The monoisotopic (exact) mass is 1330 g/mol. The minimum absolute atomic E-state index is 0.0963. The molecule has 0 aliphatic heterocycles. The van der Waals surface area contributed by atoms with Gasteiger partial charge in [0, 0.05) is 131 Å². The molecule has 9 unspecified atom stereocenters. The lowest BCUT2D eigenvalue weighted by Crippen LogP contribution is -2.46. The first-order valence-corrected chi connectivity index (χ1v) is 37.4. The number of nitrogens with one attached hydrogen (secondary N) is 4. The SMILES string of the molecule is CCO[Si](CCCNC(=O)CCC(C)(C#N)CC(C)C(=O)OCC(O)COC(=O)CCSCC(C)C(N)O)(OCC)OCC.CCO[Si](CCCNC(=O)NCCSCC(C)C(=O)OCC(O)CNCCSCC(C)(CO)C(N)O)(OCC)OCC. The van der Waals surface area contributed by atoms with Crippen molar-refractivity contribution in [2.24, 2.45) is 40.1 Å². The summed E-state index contributed by atoms with van der Waals surface area (Å²) in [5.74, 6) is 0.711. The van der Waals surface area contributed by atoms with E-state index in [0.717, 1.165) is 0 Å². The Labute approximate surface area is 527 Å². The molecule has 0 radical (unpaired) electrons. The number of ether oxygens (including phenoxy) is 3. The number of hydrogen-bond donors (Lipinski definition) is 11. The van der Waals surface area contributed by atoms with Gasteiger partial charge in [0.1, 0.15) is 44.5 Å². The summed E-state index contributed by atoms with van der Waals surface area (Å²) in [5, 5.41) is 69.7. The van der Waals surface area contributed by atoms with Gasteiger partial charge in [0.15, 0.2) is 0 Å². The molecule has 0 fully saturated rings. The van der Waals surface area contributed by atoms with Crippen LogP contribution in [0.25, 0.3) is 0 Å². The summed E-state index contributed by atoms with van der Waals surface area (Å²) in [7, 11) is -5.48. The molecule has 0 saturated heterocycles. The van der Waals surface area contributed by atoms with Crippen LogP contribution in [0.1, 0.15) is 115 Å². The number of nitrogens with two attached hydrogens (primary N) is 2. The van der Waals surface area contributed by atoms with Gasteiger partial charge in [0.05, 0.1) is 36.3 Å². The lowest BCUT2D eigenvalue weighted by atomic mass is 9.79. The molecule has 0 bridgehead atoms. The van der Waals surface area contributed by atoms with Gasteiger partial charge in [0.2, 0.25) is 5.91 Å². The van der Waals surface area contributed by atoms with Crippen molar-refractivity contribution in [3.05, 3.63) is 0 Å². The van der Waals surface area contributed by atoms with Crippen LogP contribution in [0.2, 0.25) is 12.1 Å². The molecule has 0 saturated carbocycles. The van der Waals surface area contributed by atoms with E-state index < -0.39 is 71.0 Å². The van der Waals surface area contributed by atoms with Crippen LogP contribution in [0.15, 0.2) is 0 Å². The van der Waals surface area contributed by atoms with E-state index in [4.69, 9.17) is 52.2 Å². The Balaban J connectivity index is 0. The normalized spacial score (nSPS) is 15.6. The highest BCUT2D eigenvalue weighted by atomic mass is 32.2. The molecule has 31 heteroatoms. The first kappa shape index (κ1) is 85.6. The summed E-state index contributed by atoms with van der Waals surface area (Å²) >= 11 is 4.54. The van der Waals surface area contributed by atoms with Crippen LogP contribution in [0.5, 0.6) is 0 Å². The standard InChI is InChI=1S/C29H55N3O10SSi.C26H56N4O9S2Si/c1-7-40-44(41-8-2,42-9-3)16-10-14-32-25(34)11-13-29(6,21-30)17-22(4)28(37)39-19-24(33)18-38-26(35)12-15-43-20-23(5)27(31)36;1-6-37-42(38-7-2,39-8-3)15-9-10-29-25(35)30-12-14-40-18-21(4)23(33)36-17-22(32)16-28-11-13-41-20-26(5,19-31)24(27)34/h22-24,27,33,36H,7-20,31H2,1-6H3,(H,32,34);21-22,24,28,31-32,34H,6-20,27H2,1-5H3,(H2,29,30,35). The minimum atomic E-state index is -2.77. The third kappa shape index (κ3) is 41.8. The minimum Gasteiger partial charge on any atom is -0.463 e. The predicted molar refractivity (Wildman–Crippen MR) is 340 cm³/mol. The molecule has 3 amide bonds. The van der Waals surface area contributed by atoms with Crippen LogP contribution in [0.3, 0.4) is 0 Å². The van der Waals surface area contributed by atoms with Crippen molar-refractivity contribution >= 4 is 82.7 Å². The highest BCUT2D eigenvalue weighted by molar-refractivity contribution is 7.99. The maximum absolute atomic E-state index is 12.5. The molecule has 13 N–H and O–H groups in total. The average molecular weight is 1330 g/mol. The molecule has 9 atom stereocenters. The summed E-state index contributed by atoms with van der Waals surface area (Å²) < 4.78 is 50.3. The Morgan fingerprint density at radius 2 is 1.09 bits per heavy atom. The molecule has 0 aromatic carbocycles. The number of urea groups is 1. The van der Waals surface area contributed by atoms with Crippen LogP contribution < -0.4 is 32.7 Å². The number of nitrogens with zero attached hydrogens (tertiary/aromatic N) is 1. The molecule has 0 aliphatic carbocycles. The van der Waals surface area contributed by atoms with E-state index in [1.807, 2.05) is 41.5 Å². The third-order valence-electron chi connectivity index (χ3n) is 12.7. The summed E-state index contributed by atoms with van der Waals surface area (Å²) in [6.45, 7) is 24.3. The van der Waals surface area contributed by atoms with E-state index >= 15 is 0 Å². The number of carbonyl (C=O) groups excluding carboxylic acids is 5. The Kier molecular flexibility index (Phi) is 51.0. The van der Waals surface area contributed by atoms with Crippen LogP contribution >= 0.6 is 35.3 Å². The number of amides is 3. The van der Waals surface area contributed by atoms with Gasteiger partial charge in [-0.25, -0.2) is 4.79 Å². The molecule has 26 nitrogen and oxygen atoms in total. The zero-order valence-corrected chi connectivity index (χ0v) is 57.8. The number of nitriles is 1. The average Bonchev–Trinajstić information content (AvgIpc) is 3.61. The summed E-state index contributed by atoms with van der Waals surface area (Å²) in [5.41, 5.74) is 9.20. The van der Waals surface area contributed by atoms with E-state index in [2.05, 4.69) is 27.3 Å². The quantitative estimate of drug-likeness (QED) is 0.0137.